The molecule has 3 aromatic rings. The highest BCUT2D eigenvalue weighted by molar-refractivity contribution is 7.80. The van der Waals surface area contributed by atoms with Gasteiger partial charge in [0.15, 0.2) is 10.8 Å². The molecule has 248 valence electrons. The number of aromatic nitrogens is 3. The number of hydrogen-bond donors (Lipinski definition) is 6. The molecule has 2 aliphatic heterocycles. The average molecular weight is 684 g/mol. The number of anilines is 1. The van der Waals surface area contributed by atoms with Crippen LogP contribution in [0.15, 0.2) is 34.9 Å². The maximum atomic E-state index is 13.2. The number of thiazole rings is 1. The zero-order valence-corrected chi connectivity index (χ0v) is 26.2. The number of nitrogens with two attached hydrogens (primary N) is 1. The van der Waals surface area contributed by atoms with Crippen molar-refractivity contribution in [3.8, 4) is 5.75 Å². The van der Waals surface area contributed by atoms with Crippen LogP contribution in [-0.4, -0.2) is 105 Å². The topological polar surface area (TPSA) is 261 Å². The van der Waals surface area contributed by atoms with Crippen molar-refractivity contribution in [2.45, 2.75) is 43.7 Å². The highest BCUT2D eigenvalue weighted by atomic mass is 32.3. The molecule has 7 N–H and O–H groups in total. The van der Waals surface area contributed by atoms with Gasteiger partial charge in [-0.2, -0.15) is 18.2 Å². The zero-order valence-electron chi connectivity index (χ0n) is 24.6. The van der Waals surface area contributed by atoms with Crippen molar-refractivity contribution in [1.29, 1.82) is 0 Å². The standard InChI is InChI=1S/C25H30N8O11S2/c1-25(2)20(22(36)33(25)44-46(39,40)41)29-21(35)19(14-11-45-24(26)28-14)30-43-18(23(37)38)10-42-13-4-5-15-12(6-13)9-32(31(15)3)16-7-27-8-17(16)34/h4-6,9,11,16-18,20,27,34H,7-8,10H2,1-3H3,(H4-,26,28,29,35,37,38,39,40,41)/p+1/b30-19-/t16-,17+,18?,20-/m1/s1. The number of nitrogens with one attached hydrogen (secondary N) is 2. The summed E-state index contributed by atoms with van der Waals surface area (Å²) in [5.74, 6) is -3.17. The first-order chi connectivity index (χ1) is 21.6. The largest absolute Gasteiger partial charge is 0.489 e. The number of hydrogen-bond acceptors (Lipinski definition) is 14. The summed E-state index contributed by atoms with van der Waals surface area (Å²) in [7, 11) is -3.16. The van der Waals surface area contributed by atoms with Gasteiger partial charge in [0.05, 0.1) is 24.5 Å². The van der Waals surface area contributed by atoms with Crippen LogP contribution in [0.1, 0.15) is 25.6 Å². The molecule has 5 rings (SSSR count). The number of β-amino-alcohol motifs (C(OH)–C–C–N with tert-alkyl or cyclic N) is 1. The first kappa shape index (κ1) is 33.0. The molecule has 0 aliphatic carbocycles. The van der Waals surface area contributed by atoms with Crippen molar-refractivity contribution < 1.29 is 56.1 Å². The molecule has 0 saturated carbocycles. The Labute approximate surface area is 265 Å². The number of β-lactam (4-membered cyclic amide) rings is 1. The summed E-state index contributed by atoms with van der Waals surface area (Å²) in [6.45, 7) is 3.27. The normalized spacial score (nSPS) is 22.0. The van der Waals surface area contributed by atoms with E-state index in [2.05, 4.69) is 25.1 Å². The number of amides is 2. The van der Waals surface area contributed by atoms with Crippen LogP contribution >= 0.6 is 11.3 Å². The van der Waals surface area contributed by atoms with Crippen LogP contribution in [0.4, 0.5) is 5.13 Å². The van der Waals surface area contributed by atoms with Gasteiger partial charge in [-0.25, -0.2) is 9.78 Å². The molecule has 1 aromatic carbocycles. The third-order valence-corrected chi connectivity index (χ3v) is 8.52. The number of fused-ring (bicyclic) bond motifs is 1. The van der Waals surface area contributed by atoms with Crippen LogP contribution in [0.3, 0.4) is 0 Å². The van der Waals surface area contributed by atoms with Gasteiger partial charge in [0, 0.05) is 11.9 Å². The monoisotopic (exact) mass is 683 g/mol. The molecule has 2 fully saturated rings. The number of aliphatic hydroxyl groups is 1. The van der Waals surface area contributed by atoms with E-state index in [0.717, 1.165) is 22.2 Å². The number of ether oxygens (including phenoxy) is 1. The maximum Gasteiger partial charge on any atom is 0.418 e. The number of carbonyl (C=O) groups is 3. The predicted octanol–water partition coefficient (Wildman–Crippen LogP) is -1.90. The van der Waals surface area contributed by atoms with E-state index >= 15 is 0 Å². The van der Waals surface area contributed by atoms with Gasteiger partial charge in [-0.1, -0.05) is 5.16 Å². The van der Waals surface area contributed by atoms with Crippen LogP contribution in [0.5, 0.6) is 5.75 Å². The van der Waals surface area contributed by atoms with Crippen LogP contribution in [0.25, 0.3) is 10.9 Å². The van der Waals surface area contributed by atoms with Crippen molar-refractivity contribution in [3.05, 3.63) is 35.5 Å². The summed E-state index contributed by atoms with van der Waals surface area (Å²) in [4.78, 5) is 46.9. The number of nitrogens with zero attached hydrogens (tertiary/aromatic N) is 5. The van der Waals surface area contributed by atoms with E-state index in [1.165, 1.54) is 19.2 Å². The Balaban J connectivity index is 1.30. The molecular formula is C25H31N8O11S2+. The summed E-state index contributed by atoms with van der Waals surface area (Å²) in [5.41, 5.74) is 4.49. The number of aryl methyl sites for hydroxylation is 1. The zero-order chi connectivity index (χ0) is 33.6. The van der Waals surface area contributed by atoms with E-state index in [1.54, 1.807) is 18.2 Å². The Bertz CT molecular complexity index is 1820. The highest BCUT2D eigenvalue weighted by Crippen LogP contribution is 2.33. The van der Waals surface area contributed by atoms with Gasteiger partial charge < -0.3 is 36.2 Å². The molecule has 0 bridgehead atoms. The molecule has 2 aliphatic rings. The second-order valence-electron chi connectivity index (χ2n) is 11.0. The minimum atomic E-state index is -5.02. The van der Waals surface area contributed by atoms with Crippen molar-refractivity contribution in [1.82, 2.24) is 25.4 Å². The molecule has 2 amide bonds. The maximum absolute atomic E-state index is 13.2. The second-order valence-corrected chi connectivity index (χ2v) is 12.9. The average Bonchev–Trinajstić information content (AvgIpc) is 3.69. The number of aliphatic carboxylic acids is 1. The predicted molar refractivity (Wildman–Crippen MR) is 158 cm³/mol. The molecule has 2 aromatic heterocycles. The minimum absolute atomic E-state index is 0.0534. The van der Waals surface area contributed by atoms with Crippen molar-refractivity contribution in [2.24, 2.45) is 12.2 Å². The molecular weight excluding hydrogens is 652 g/mol. The van der Waals surface area contributed by atoms with E-state index in [-0.39, 0.29) is 16.9 Å². The quantitative estimate of drug-likeness (QED) is 0.0401. The van der Waals surface area contributed by atoms with Crippen molar-refractivity contribution >= 4 is 61.3 Å². The van der Waals surface area contributed by atoms with E-state index in [1.807, 2.05) is 22.6 Å². The fourth-order valence-electron chi connectivity index (χ4n) is 5.07. The lowest BCUT2D eigenvalue weighted by Crippen LogP contribution is -2.76. The summed E-state index contributed by atoms with van der Waals surface area (Å²) < 4.78 is 44.9. The summed E-state index contributed by atoms with van der Waals surface area (Å²) >= 11 is 0.954. The third-order valence-electron chi connectivity index (χ3n) is 7.51. The van der Waals surface area contributed by atoms with Gasteiger partial charge in [-0.05, 0) is 32.0 Å². The first-order valence-corrected chi connectivity index (χ1v) is 15.8. The number of nitrogen functional groups attached to an aromatic ring is 1. The number of oxime groups is 1. The Kier molecular flexibility index (Phi) is 8.90. The number of aliphatic hydroxyl groups excluding tert-OH is 1. The van der Waals surface area contributed by atoms with E-state index < -0.39 is 64.3 Å². The number of hydroxylamine groups is 2. The van der Waals surface area contributed by atoms with E-state index in [4.69, 9.17) is 19.9 Å². The number of carboxylic acid groups (broad SMARTS) is 1. The Morgan fingerprint density at radius 3 is 2.67 bits per heavy atom. The van der Waals surface area contributed by atoms with Gasteiger partial charge >= 0.3 is 16.4 Å². The number of carbonyl (C=O) groups excluding carboxylic acids is 2. The van der Waals surface area contributed by atoms with Crippen LogP contribution in [-0.2, 0) is 41.0 Å². The van der Waals surface area contributed by atoms with E-state index in [0.29, 0.717) is 23.9 Å². The Hall–Kier alpha value is -4.41. The molecule has 21 heteroatoms. The van der Waals surface area contributed by atoms with Gasteiger partial charge in [-0.3, -0.25) is 14.1 Å². The van der Waals surface area contributed by atoms with Crippen LogP contribution < -0.4 is 25.8 Å². The molecule has 2 saturated heterocycles. The van der Waals surface area contributed by atoms with Gasteiger partial charge in [0.2, 0.25) is 12.2 Å². The summed E-state index contributed by atoms with van der Waals surface area (Å²) in [6.07, 6.45) is -0.402. The Morgan fingerprint density at radius 1 is 1.35 bits per heavy atom. The molecule has 46 heavy (non-hydrogen) atoms. The molecule has 4 heterocycles. The minimum Gasteiger partial charge on any atom is -0.489 e. The highest BCUT2D eigenvalue weighted by Gasteiger charge is 2.58. The van der Waals surface area contributed by atoms with Gasteiger partial charge in [-0.15, -0.1) is 20.3 Å². The molecule has 4 atom stereocenters. The lowest BCUT2D eigenvalue weighted by Gasteiger charge is -2.50. The smallest absolute Gasteiger partial charge is 0.418 e. The van der Waals surface area contributed by atoms with Crippen molar-refractivity contribution in [2.75, 3.05) is 25.4 Å². The molecule has 19 nitrogen and oxygen atoms in total. The molecule has 0 radical (unpaired) electrons. The summed E-state index contributed by atoms with van der Waals surface area (Å²) in [6, 6.07) is 3.63. The number of carboxylic acids is 1. The third kappa shape index (κ3) is 6.59. The molecule has 0 spiro atoms. The van der Waals surface area contributed by atoms with Gasteiger partial charge in [0.1, 0.15) is 35.7 Å². The number of rotatable bonds is 12. The summed E-state index contributed by atoms with van der Waals surface area (Å²) in [5, 5.41) is 31.9. The van der Waals surface area contributed by atoms with Crippen LogP contribution in [0.2, 0.25) is 0 Å². The Morgan fingerprint density at radius 2 is 2.09 bits per heavy atom. The molecule has 1 unspecified atom stereocenters. The second kappa shape index (κ2) is 12.4. The SMILES string of the molecule is Cn1c2ccc(OCC(O/N=C(\C(=O)N[C@@H]3C(=O)N(OS(=O)(=O)O)C3(C)C)c3csc(N)n3)C(=O)O)cc2c[n+]1[C@@H]1CNC[C@@H]1O. The van der Waals surface area contributed by atoms with Crippen molar-refractivity contribution in [3.63, 3.8) is 0 Å². The van der Waals surface area contributed by atoms with Gasteiger partial charge in [0.25, 0.3) is 17.9 Å². The van der Waals surface area contributed by atoms with E-state index in [9.17, 15) is 33.0 Å². The fourth-order valence-corrected chi connectivity index (χ4v) is 6.07. The fraction of sp³-hybridized carbons (Fsp3) is 0.440. The lowest BCUT2D eigenvalue weighted by molar-refractivity contribution is -0.795. The number of benzene rings is 1. The first-order valence-electron chi connectivity index (χ1n) is 13.6. The van der Waals surface area contributed by atoms with Crippen LogP contribution in [0, 0.1) is 0 Å². The lowest BCUT2D eigenvalue weighted by atomic mass is 9.84.